The maximum Gasteiger partial charge on any atom is 0.407 e. The molecule has 2 aromatic heterocycles. The van der Waals surface area contributed by atoms with Gasteiger partial charge in [-0.05, 0) is 62.6 Å². The topological polar surface area (TPSA) is 119 Å². The van der Waals surface area contributed by atoms with Crippen molar-refractivity contribution in [3.63, 3.8) is 0 Å². The smallest absolute Gasteiger partial charge is 0.380 e. The molecule has 59 heavy (non-hydrogen) atoms. The van der Waals surface area contributed by atoms with E-state index in [2.05, 4.69) is 19.9 Å². The highest BCUT2D eigenvalue weighted by molar-refractivity contribution is 5.90. The molecule has 0 bridgehead atoms. The van der Waals surface area contributed by atoms with Gasteiger partial charge < -0.3 is 10.2 Å². The first-order valence-electron chi connectivity index (χ1n) is 17.7. The van der Waals surface area contributed by atoms with E-state index in [0.717, 1.165) is 51.0 Å². The highest BCUT2D eigenvalue weighted by Gasteiger charge is 2.37. The Labute approximate surface area is 332 Å². The number of Topliss-reactive ketones (excluding diaryl/α,β-unsaturated/α-hetero) is 2. The Bertz CT molecular complexity index is 2660. The summed E-state index contributed by atoms with van der Waals surface area (Å²) in [5.74, 6) is -2.15. The average Bonchev–Trinajstić information content (AvgIpc) is 3.70. The molecule has 6 aromatic rings. The molecule has 0 unspecified atom stereocenters. The van der Waals surface area contributed by atoms with E-state index in [4.69, 9.17) is 13.1 Å². The summed E-state index contributed by atoms with van der Waals surface area (Å²) in [5.41, 5.74) is -4.16. The van der Waals surface area contributed by atoms with E-state index < -0.39 is 76.4 Å². The van der Waals surface area contributed by atoms with Crippen LogP contribution in [0.4, 0.5) is 42.1 Å². The Hall–Kier alpha value is -6.43. The number of rotatable bonds is 10. The first kappa shape index (κ1) is 43.7. The van der Waals surface area contributed by atoms with Crippen LogP contribution in [0, 0.1) is 32.9 Å². The number of alkyl halides is 6. The van der Waals surface area contributed by atoms with Gasteiger partial charge in [-0.15, -0.1) is 5.10 Å². The quantitative estimate of drug-likeness (QED) is 0.105. The predicted molar refractivity (Wildman–Crippen MR) is 203 cm³/mol. The Morgan fingerprint density at radius 3 is 1.73 bits per heavy atom. The van der Waals surface area contributed by atoms with Crippen LogP contribution in [0.25, 0.3) is 31.5 Å². The van der Waals surface area contributed by atoms with Crippen LogP contribution in [0.2, 0.25) is 0 Å². The van der Waals surface area contributed by atoms with E-state index in [9.17, 15) is 50.5 Å². The minimum atomic E-state index is -4.74. The Kier molecular flexibility index (Phi) is 12.2. The fraction of sp³-hybridized carbons (Fsp3) is 0.286. The zero-order chi connectivity index (χ0) is 43.7. The number of benzene rings is 4. The number of aliphatic hydroxyl groups is 2. The maximum atomic E-state index is 14.1. The molecule has 6 rings (SSSR count). The van der Waals surface area contributed by atoms with Crippen molar-refractivity contribution < 1.29 is 50.5 Å². The van der Waals surface area contributed by atoms with Crippen LogP contribution in [0.5, 0.6) is 0 Å². The maximum absolute atomic E-state index is 14.1. The number of aromatic nitrogens is 4. The molecule has 0 spiro atoms. The van der Waals surface area contributed by atoms with Crippen molar-refractivity contribution in [1.82, 2.24) is 19.6 Å². The summed E-state index contributed by atoms with van der Waals surface area (Å²) in [6.45, 7) is 19.4. The van der Waals surface area contributed by atoms with Crippen molar-refractivity contribution in [2.75, 3.05) is 0 Å². The third-order valence-electron chi connectivity index (χ3n) is 9.51. The van der Waals surface area contributed by atoms with E-state index in [1.165, 1.54) is 30.7 Å². The molecule has 0 saturated heterocycles. The second-order valence-electron chi connectivity index (χ2n) is 14.5. The highest BCUT2D eigenvalue weighted by Crippen LogP contribution is 2.38. The normalized spacial score (nSPS) is 13.8. The average molecular weight is 821 g/mol. The third-order valence-corrected chi connectivity index (χ3v) is 9.51. The van der Waals surface area contributed by atoms with Gasteiger partial charge >= 0.3 is 12.4 Å². The second-order valence-corrected chi connectivity index (χ2v) is 14.5. The molecule has 2 atom stereocenters. The molecule has 10 nitrogen and oxygen atoms in total. The van der Waals surface area contributed by atoms with Gasteiger partial charge in [-0.2, -0.15) is 35.8 Å². The van der Waals surface area contributed by atoms with Gasteiger partial charge in [0.05, 0.1) is 53.8 Å². The molecule has 4 aromatic carbocycles. The van der Waals surface area contributed by atoms with Crippen LogP contribution >= 0.6 is 0 Å². The van der Waals surface area contributed by atoms with Crippen molar-refractivity contribution in [1.29, 1.82) is 0 Å². The van der Waals surface area contributed by atoms with Crippen LogP contribution in [0.1, 0.15) is 47.2 Å². The molecule has 0 fully saturated rings. The van der Waals surface area contributed by atoms with Crippen molar-refractivity contribution in [3.8, 4) is 0 Å². The number of hydrogen-bond donors (Lipinski definition) is 2. The molecule has 0 aliphatic heterocycles. The number of carbonyl (C=O) groups is 2. The van der Waals surface area contributed by atoms with Crippen LogP contribution in [-0.2, 0) is 47.9 Å². The molecule has 0 radical (unpaired) electrons. The van der Waals surface area contributed by atoms with Gasteiger partial charge in [0.1, 0.15) is 11.2 Å². The van der Waals surface area contributed by atoms with Gasteiger partial charge in [-0.25, -0.2) is 9.69 Å². The van der Waals surface area contributed by atoms with Crippen molar-refractivity contribution in [2.45, 2.75) is 77.2 Å². The summed E-state index contributed by atoms with van der Waals surface area (Å²) < 4.78 is 95.5. The number of ketones is 2. The first-order chi connectivity index (χ1) is 27.4. The summed E-state index contributed by atoms with van der Waals surface area (Å²) in [7, 11) is 0. The predicted octanol–water partition coefficient (Wildman–Crippen LogP) is 9.09. The minimum absolute atomic E-state index is 0.00660. The molecule has 0 aliphatic rings. The number of hydrogen-bond acceptors (Lipinski definition) is 6. The summed E-state index contributed by atoms with van der Waals surface area (Å²) >= 11 is 0. The third kappa shape index (κ3) is 10.00. The summed E-state index contributed by atoms with van der Waals surface area (Å²) in [5, 5.41) is 30.5. The summed E-state index contributed by atoms with van der Waals surface area (Å²) in [6.07, 6.45) is -8.61. The van der Waals surface area contributed by atoms with Gasteiger partial charge in [0.2, 0.25) is 5.95 Å². The minimum Gasteiger partial charge on any atom is -0.380 e. The Morgan fingerprint density at radius 1 is 0.712 bits per heavy atom. The van der Waals surface area contributed by atoms with E-state index in [1.54, 1.807) is 31.3 Å². The Balaban J connectivity index is 0.000000224. The van der Waals surface area contributed by atoms with Gasteiger partial charge in [0, 0.05) is 24.4 Å². The van der Waals surface area contributed by atoms with Gasteiger partial charge in [-0.1, -0.05) is 60.2 Å². The lowest BCUT2D eigenvalue weighted by Gasteiger charge is -2.22. The molecule has 2 heterocycles. The highest BCUT2D eigenvalue weighted by atomic mass is 19.4. The molecule has 0 aliphatic carbocycles. The van der Waals surface area contributed by atoms with E-state index in [1.807, 2.05) is 25.1 Å². The van der Waals surface area contributed by atoms with Gasteiger partial charge in [0.25, 0.3) is 0 Å². The van der Waals surface area contributed by atoms with E-state index >= 15 is 0 Å². The lowest BCUT2D eigenvalue weighted by atomic mass is 9.94. The van der Waals surface area contributed by atoms with Crippen LogP contribution < -0.4 is 0 Å². The molecule has 306 valence electrons. The van der Waals surface area contributed by atoms with Crippen molar-refractivity contribution in [2.24, 2.45) is 0 Å². The Morgan fingerprint density at radius 2 is 1.24 bits per heavy atom. The fourth-order valence-corrected chi connectivity index (χ4v) is 6.26. The standard InChI is InChI=1S/C21H17F4N3O2.C21H18F3N3O2/c1-12-4-7-17-14(8-12)19(22)27-28(17)11-20(2,30)18(29)10-13-5-6-16(26-3)15(9-13)21(23,24)25;1-13-5-4-6-17-15(13)11-27(26-17)12-20(2,29)19(28)10-14-7-8-18(25-3)16(9-14)21(22,23)24/h4-9,30H,10-11H2,1-2H3;4-9,11,29H,10,12H2,1-2H3/t2*20-/m00/s1. The fourth-order valence-electron chi connectivity index (χ4n) is 6.26. The van der Waals surface area contributed by atoms with Crippen molar-refractivity contribution >= 4 is 44.7 Å². The lowest BCUT2D eigenvalue weighted by molar-refractivity contribution is -0.138. The van der Waals surface area contributed by atoms with Crippen molar-refractivity contribution in [3.05, 3.63) is 141 Å². The van der Waals surface area contributed by atoms with Crippen LogP contribution in [-0.4, -0.2) is 52.5 Å². The molecule has 2 N–H and O–H groups in total. The zero-order valence-corrected chi connectivity index (χ0v) is 31.9. The van der Waals surface area contributed by atoms with Crippen LogP contribution in [0.3, 0.4) is 0 Å². The zero-order valence-electron chi connectivity index (χ0n) is 31.9. The number of halogens is 7. The van der Waals surface area contributed by atoms with Gasteiger partial charge in [0.15, 0.2) is 22.9 Å². The largest absolute Gasteiger partial charge is 0.407 e. The number of nitrogens with zero attached hydrogens (tertiary/aromatic N) is 6. The second kappa shape index (κ2) is 16.4. The molecule has 0 amide bonds. The summed E-state index contributed by atoms with van der Waals surface area (Å²) in [4.78, 5) is 30.9. The van der Waals surface area contributed by atoms with E-state index in [0.29, 0.717) is 5.52 Å². The number of carbonyl (C=O) groups excluding carboxylic acids is 2. The molecule has 17 heteroatoms. The first-order valence-corrected chi connectivity index (χ1v) is 17.7. The lowest BCUT2D eigenvalue weighted by Crippen LogP contribution is -2.41. The SMILES string of the molecule is [C-]#[N+]c1ccc(CC(=O)[C@@](C)(O)Cn2cc3c(C)cccc3n2)cc1C(F)(F)F.[C-]#[N+]c1ccc(CC(=O)[C@@](C)(O)Cn2nc(F)c3cc(C)ccc32)cc1C(F)(F)F. The number of aryl methyl sites for hydroxylation is 2. The molecular weight excluding hydrogens is 785 g/mol. The van der Waals surface area contributed by atoms with Gasteiger partial charge in [-0.3, -0.25) is 19.0 Å². The van der Waals surface area contributed by atoms with E-state index in [-0.39, 0.29) is 29.6 Å². The summed E-state index contributed by atoms with van der Waals surface area (Å²) in [6, 6.07) is 16.6. The molecular formula is C42H35F7N6O4. The van der Waals surface area contributed by atoms with Crippen LogP contribution in [0.15, 0.2) is 79.0 Å². The monoisotopic (exact) mass is 820 g/mol. The number of fused-ring (bicyclic) bond motifs is 2. The molecule has 0 saturated carbocycles.